The van der Waals surface area contributed by atoms with Crippen molar-refractivity contribution < 1.29 is 0 Å². The molecule has 1 heterocycles. The third kappa shape index (κ3) is 3.69. The summed E-state index contributed by atoms with van der Waals surface area (Å²) in [6.07, 6.45) is 2.06. The minimum Gasteiger partial charge on any atom is -0.324 e. The summed E-state index contributed by atoms with van der Waals surface area (Å²) in [5.41, 5.74) is 8.94. The molecule has 0 spiro atoms. The number of nitrogens with two attached hydrogens (primary N) is 1. The van der Waals surface area contributed by atoms with Crippen LogP contribution in [-0.4, -0.2) is 0 Å². The lowest BCUT2D eigenvalue weighted by atomic mass is 9.97. The first kappa shape index (κ1) is 13.3. The molecule has 2 heteroatoms. The van der Waals surface area contributed by atoms with Gasteiger partial charge in [0.25, 0.3) is 0 Å². The first-order valence-electron chi connectivity index (χ1n) is 6.52. The van der Waals surface area contributed by atoms with Crippen LogP contribution in [0.2, 0.25) is 0 Å². The van der Waals surface area contributed by atoms with E-state index in [9.17, 15) is 0 Å². The third-order valence-electron chi connectivity index (χ3n) is 3.02. The maximum Gasteiger partial charge on any atom is 0.0343 e. The summed E-state index contributed by atoms with van der Waals surface area (Å²) in [5, 5.41) is 2.11. The molecule has 18 heavy (non-hydrogen) atoms. The maximum absolute atomic E-state index is 6.29. The number of hydrogen-bond acceptors (Lipinski definition) is 2. The molecule has 96 valence electrons. The van der Waals surface area contributed by atoms with E-state index in [0.29, 0.717) is 5.92 Å². The molecule has 2 aromatic rings. The fraction of sp³-hybridized carbons (Fsp3) is 0.375. The van der Waals surface area contributed by atoms with Crippen molar-refractivity contribution in [1.29, 1.82) is 0 Å². The Morgan fingerprint density at radius 1 is 1.11 bits per heavy atom. The Morgan fingerprint density at radius 2 is 1.94 bits per heavy atom. The molecule has 1 atom stereocenters. The van der Waals surface area contributed by atoms with Gasteiger partial charge in [-0.15, -0.1) is 11.3 Å². The lowest BCUT2D eigenvalue weighted by Gasteiger charge is -2.13. The number of thiophene rings is 1. The molecule has 1 aromatic carbocycles. The molecule has 2 rings (SSSR count). The largest absolute Gasteiger partial charge is 0.324 e. The summed E-state index contributed by atoms with van der Waals surface area (Å²) >= 11 is 1.78. The molecule has 0 aliphatic rings. The summed E-state index contributed by atoms with van der Waals surface area (Å²) in [4.78, 5) is 1.36. The van der Waals surface area contributed by atoms with Gasteiger partial charge in [-0.1, -0.05) is 44.2 Å². The Balaban J connectivity index is 2.07. The monoisotopic (exact) mass is 259 g/mol. The molecular weight excluding hydrogens is 238 g/mol. The van der Waals surface area contributed by atoms with E-state index in [1.165, 1.54) is 16.0 Å². The van der Waals surface area contributed by atoms with E-state index in [2.05, 4.69) is 55.6 Å². The van der Waals surface area contributed by atoms with E-state index in [1.807, 2.05) is 0 Å². The molecular formula is C16H21NS. The van der Waals surface area contributed by atoms with Crippen LogP contribution in [0, 0.1) is 5.92 Å². The Bertz CT molecular complexity index is 474. The molecule has 2 N–H and O–H groups in total. The van der Waals surface area contributed by atoms with Crippen molar-refractivity contribution >= 4 is 11.3 Å². The van der Waals surface area contributed by atoms with Gasteiger partial charge >= 0.3 is 0 Å². The van der Waals surface area contributed by atoms with Gasteiger partial charge in [-0.05, 0) is 34.9 Å². The van der Waals surface area contributed by atoms with Crippen LogP contribution in [0.5, 0.6) is 0 Å². The van der Waals surface area contributed by atoms with Crippen LogP contribution in [0.3, 0.4) is 0 Å². The van der Waals surface area contributed by atoms with Crippen molar-refractivity contribution in [3.05, 3.63) is 57.8 Å². The van der Waals surface area contributed by atoms with Crippen LogP contribution >= 0.6 is 11.3 Å². The van der Waals surface area contributed by atoms with E-state index in [0.717, 1.165) is 12.8 Å². The van der Waals surface area contributed by atoms with E-state index in [-0.39, 0.29) is 6.04 Å². The molecule has 0 aliphatic carbocycles. The fourth-order valence-corrected chi connectivity index (χ4v) is 2.95. The molecule has 0 saturated heterocycles. The summed E-state index contributed by atoms with van der Waals surface area (Å²) < 4.78 is 0. The molecule has 0 amide bonds. The van der Waals surface area contributed by atoms with E-state index < -0.39 is 0 Å². The molecule has 0 saturated carbocycles. The first-order chi connectivity index (χ1) is 8.65. The normalized spacial score (nSPS) is 12.9. The average Bonchev–Trinajstić information content (AvgIpc) is 2.81. The second-order valence-corrected chi connectivity index (χ2v) is 6.27. The van der Waals surface area contributed by atoms with Crippen molar-refractivity contribution in [2.24, 2.45) is 11.7 Å². The van der Waals surface area contributed by atoms with E-state index >= 15 is 0 Å². The predicted molar refractivity (Wildman–Crippen MR) is 79.9 cm³/mol. The fourth-order valence-electron chi connectivity index (χ4n) is 2.19. The van der Waals surface area contributed by atoms with E-state index in [4.69, 9.17) is 5.73 Å². The zero-order valence-electron chi connectivity index (χ0n) is 11.1. The highest BCUT2D eigenvalue weighted by atomic mass is 32.1. The first-order valence-corrected chi connectivity index (χ1v) is 7.40. The smallest absolute Gasteiger partial charge is 0.0343 e. The van der Waals surface area contributed by atoms with Crippen LogP contribution in [0.4, 0.5) is 0 Å². The zero-order valence-corrected chi connectivity index (χ0v) is 11.9. The van der Waals surface area contributed by atoms with Gasteiger partial charge in [0.1, 0.15) is 0 Å². The van der Waals surface area contributed by atoms with Crippen LogP contribution < -0.4 is 5.73 Å². The molecule has 0 bridgehead atoms. The van der Waals surface area contributed by atoms with Crippen molar-refractivity contribution in [1.82, 2.24) is 0 Å². The van der Waals surface area contributed by atoms with Crippen molar-refractivity contribution in [2.75, 3.05) is 0 Å². The van der Waals surface area contributed by atoms with Crippen molar-refractivity contribution in [2.45, 2.75) is 32.7 Å². The molecule has 0 radical (unpaired) electrons. The molecule has 1 aromatic heterocycles. The minimum atomic E-state index is 0.107. The highest BCUT2D eigenvalue weighted by molar-refractivity contribution is 7.09. The summed E-state index contributed by atoms with van der Waals surface area (Å²) in [6, 6.07) is 13.1. The topological polar surface area (TPSA) is 26.0 Å². The van der Waals surface area contributed by atoms with Gasteiger partial charge < -0.3 is 5.73 Å². The van der Waals surface area contributed by atoms with Gasteiger partial charge in [-0.25, -0.2) is 0 Å². The van der Waals surface area contributed by atoms with Gasteiger partial charge in [0.15, 0.2) is 0 Å². The van der Waals surface area contributed by atoms with Gasteiger partial charge in [-0.3, -0.25) is 0 Å². The second kappa shape index (κ2) is 6.17. The Kier molecular flexibility index (Phi) is 4.56. The van der Waals surface area contributed by atoms with Crippen LogP contribution in [0.25, 0.3) is 0 Å². The molecule has 0 fully saturated rings. The summed E-state index contributed by atoms with van der Waals surface area (Å²) in [6.45, 7) is 4.50. The molecule has 1 unspecified atom stereocenters. The van der Waals surface area contributed by atoms with Crippen LogP contribution in [0.1, 0.15) is 35.9 Å². The third-order valence-corrected chi connectivity index (χ3v) is 3.92. The van der Waals surface area contributed by atoms with E-state index in [1.54, 1.807) is 11.3 Å². The Hall–Kier alpha value is -1.12. The predicted octanol–water partition coefficient (Wildman–Crippen LogP) is 4.19. The Morgan fingerprint density at radius 3 is 2.61 bits per heavy atom. The van der Waals surface area contributed by atoms with Crippen LogP contribution in [-0.2, 0) is 12.8 Å². The highest BCUT2D eigenvalue weighted by Crippen LogP contribution is 2.21. The lowest BCUT2D eigenvalue weighted by molar-refractivity contribution is 0.644. The number of hydrogen-bond donors (Lipinski definition) is 1. The van der Waals surface area contributed by atoms with Crippen LogP contribution in [0.15, 0.2) is 41.8 Å². The summed E-state index contributed by atoms with van der Waals surface area (Å²) in [5.74, 6) is 0.689. The zero-order chi connectivity index (χ0) is 13.0. The molecule has 1 nitrogen and oxygen atoms in total. The number of benzene rings is 1. The van der Waals surface area contributed by atoms with Gasteiger partial charge in [0.2, 0.25) is 0 Å². The minimum absolute atomic E-state index is 0.107. The van der Waals surface area contributed by atoms with Crippen molar-refractivity contribution in [3.63, 3.8) is 0 Å². The quantitative estimate of drug-likeness (QED) is 0.856. The number of rotatable bonds is 5. The van der Waals surface area contributed by atoms with Gasteiger partial charge in [-0.2, -0.15) is 0 Å². The Labute approximate surface area is 114 Å². The average molecular weight is 259 g/mol. The second-order valence-electron chi connectivity index (χ2n) is 5.23. The van der Waals surface area contributed by atoms with Gasteiger partial charge in [0.05, 0.1) is 0 Å². The summed E-state index contributed by atoms with van der Waals surface area (Å²) in [7, 11) is 0. The lowest BCUT2D eigenvalue weighted by Crippen LogP contribution is -2.13. The maximum atomic E-state index is 6.29. The van der Waals surface area contributed by atoms with Crippen molar-refractivity contribution in [3.8, 4) is 0 Å². The SMILES string of the molecule is CC(C)Cc1cccc(C(N)Cc2cccs2)c1. The van der Waals surface area contributed by atoms with Gasteiger partial charge in [0, 0.05) is 17.3 Å². The standard InChI is InChI=1S/C16H21NS/c1-12(2)9-13-5-3-6-14(10-13)16(17)11-15-7-4-8-18-15/h3-8,10,12,16H,9,11,17H2,1-2H3. The molecule has 0 aliphatic heterocycles. The highest BCUT2D eigenvalue weighted by Gasteiger charge is 2.08.